The van der Waals surface area contributed by atoms with Crippen LogP contribution in [-0.4, -0.2) is 88.8 Å². The van der Waals surface area contributed by atoms with Gasteiger partial charge in [-0.1, -0.05) is 25.1 Å². The first kappa shape index (κ1) is 28.4. The molecule has 0 saturated carbocycles. The lowest BCUT2D eigenvalue weighted by molar-refractivity contribution is -0.128. The molecule has 41 heavy (non-hydrogen) atoms. The van der Waals surface area contributed by atoms with Crippen LogP contribution in [0.25, 0.3) is 11.0 Å². The maximum Gasteiger partial charge on any atom is 0.250 e. The third-order valence-corrected chi connectivity index (χ3v) is 7.54. The van der Waals surface area contributed by atoms with E-state index in [4.69, 9.17) is 4.74 Å². The molecule has 5 rings (SSSR count). The van der Waals surface area contributed by atoms with E-state index in [0.717, 1.165) is 59.1 Å². The minimum Gasteiger partial charge on any atom is -0.457 e. The SMILES string of the molecule is CCC(=N/C=N\[C@@H]1NCC1N1CC(C)/C(=C\CN(C)C)C1=O)Nc1ccc(Oc2ccc3c(c2)nnn3C)c(C)c1. The highest BCUT2D eigenvalue weighted by molar-refractivity contribution is 5.99. The number of fused-ring (bicyclic) bond motifs is 1. The topological polar surface area (TPSA) is 112 Å². The molecule has 1 aromatic heterocycles. The Bertz CT molecular complexity index is 1510. The standard InChI is InChI=1S/C30H39N9O2/c1-7-28(32-18-33-29-26(16-31-29)39-17-20(3)23(30(39)40)12-13-37(4)5)34-21-8-11-27(19(2)14-21)41-22-9-10-25-24(15-22)35-36-38(25)6/h8-12,14-15,18,20,26,29,31H,7,13,16-17H2,1-6H3,(H,32,33,34)/b23-12+/t20?,26?,29-/m0/s1. The van der Waals surface area contributed by atoms with E-state index in [-0.39, 0.29) is 24.0 Å². The third kappa shape index (κ3) is 6.31. The van der Waals surface area contributed by atoms with Gasteiger partial charge in [0.25, 0.3) is 0 Å². The number of nitrogens with one attached hydrogen (secondary N) is 2. The van der Waals surface area contributed by atoms with E-state index < -0.39 is 0 Å². The molecular weight excluding hydrogens is 518 g/mol. The van der Waals surface area contributed by atoms with E-state index in [0.29, 0.717) is 12.2 Å². The molecule has 2 unspecified atom stereocenters. The summed E-state index contributed by atoms with van der Waals surface area (Å²) in [6.45, 7) is 8.41. The number of carbonyl (C=O) groups is 1. The number of rotatable bonds is 9. The summed E-state index contributed by atoms with van der Waals surface area (Å²) in [5.41, 5.74) is 4.55. The minimum atomic E-state index is -0.152. The normalized spacial score (nSPS) is 22.4. The fourth-order valence-electron chi connectivity index (χ4n) is 5.08. The molecule has 0 radical (unpaired) electrons. The van der Waals surface area contributed by atoms with Crippen molar-refractivity contribution in [1.82, 2.24) is 30.1 Å². The molecule has 2 aromatic carbocycles. The molecule has 1 amide bonds. The number of anilines is 1. The number of carbonyl (C=O) groups excluding carboxylic acids is 1. The molecule has 2 saturated heterocycles. The van der Waals surface area contributed by atoms with E-state index in [2.05, 4.69) is 48.8 Å². The van der Waals surface area contributed by atoms with Gasteiger partial charge in [0.15, 0.2) is 0 Å². The first-order valence-electron chi connectivity index (χ1n) is 14.1. The van der Waals surface area contributed by atoms with Crippen LogP contribution in [0.4, 0.5) is 5.69 Å². The Balaban J connectivity index is 1.19. The van der Waals surface area contributed by atoms with Crippen molar-refractivity contribution in [2.75, 3.05) is 39.0 Å². The smallest absolute Gasteiger partial charge is 0.250 e. The predicted molar refractivity (Wildman–Crippen MR) is 163 cm³/mol. The summed E-state index contributed by atoms with van der Waals surface area (Å²) in [5, 5.41) is 14.9. The Labute approximate surface area is 241 Å². The lowest BCUT2D eigenvalue weighted by Crippen LogP contribution is -2.64. The molecule has 0 aliphatic carbocycles. The Kier molecular flexibility index (Phi) is 8.46. The van der Waals surface area contributed by atoms with Gasteiger partial charge in [0.05, 0.1) is 11.6 Å². The van der Waals surface area contributed by atoms with Crippen molar-refractivity contribution in [2.24, 2.45) is 23.0 Å². The van der Waals surface area contributed by atoms with Crippen LogP contribution in [0.3, 0.4) is 0 Å². The zero-order valence-electron chi connectivity index (χ0n) is 24.6. The fraction of sp³-hybridized carbons (Fsp3) is 0.433. The van der Waals surface area contributed by atoms with E-state index in [1.54, 1.807) is 11.0 Å². The van der Waals surface area contributed by atoms with Gasteiger partial charge in [0.1, 0.15) is 35.4 Å². The number of benzene rings is 2. The minimum absolute atomic E-state index is 0.0459. The summed E-state index contributed by atoms with van der Waals surface area (Å²) in [7, 11) is 5.88. The average molecular weight is 558 g/mol. The van der Waals surface area contributed by atoms with Gasteiger partial charge < -0.3 is 19.9 Å². The lowest BCUT2D eigenvalue weighted by atomic mass is 10.0. The molecule has 11 nitrogen and oxygen atoms in total. The molecule has 2 aliphatic heterocycles. The van der Waals surface area contributed by atoms with Crippen LogP contribution in [0.5, 0.6) is 11.5 Å². The molecule has 3 atom stereocenters. The quantitative estimate of drug-likeness (QED) is 0.235. The van der Waals surface area contributed by atoms with Crippen LogP contribution >= 0.6 is 0 Å². The highest BCUT2D eigenvalue weighted by Crippen LogP contribution is 2.30. The molecule has 2 fully saturated rings. The van der Waals surface area contributed by atoms with Crippen LogP contribution in [0, 0.1) is 12.8 Å². The number of likely N-dealkylation sites (N-methyl/N-ethyl adjacent to an activating group) is 1. The highest BCUT2D eigenvalue weighted by Gasteiger charge is 2.43. The molecule has 0 bridgehead atoms. The average Bonchev–Trinajstić information content (AvgIpc) is 3.43. The first-order chi connectivity index (χ1) is 19.7. The molecule has 216 valence electrons. The number of aliphatic imine (C=N–C) groups is 2. The zero-order chi connectivity index (χ0) is 29.1. The van der Waals surface area contributed by atoms with Crippen molar-refractivity contribution >= 4 is 34.8 Å². The lowest BCUT2D eigenvalue weighted by Gasteiger charge is -2.41. The summed E-state index contributed by atoms with van der Waals surface area (Å²) in [6, 6.07) is 11.7. The Hall–Kier alpha value is -4.09. The number of amides is 1. The van der Waals surface area contributed by atoms with Gasteiger partial charge in [0, 0.05) is 56.3 Å². The number of hydrogen-bond acceptors (Lipinski definition) is 7. The van der Waals surface area contributed by atoms with Crippen molar-refractivity contribution in [2.45, 2.75) is 39.4 Å². The van der Waals surface area contributed by atoms with Gasteiger partial charge in [-0.05, 0) is 56.9 Å². The Morgan fingerprint density at radius 1 is 1.27 bits per heavy atom. The van der Waals surface area contributed by atoms with Gasteiger partial charge in [0.2, 0.25) is 5.91 Å². The van der Waals surface area contributed by atoms with E-state index in [9.17, 15) is 4.79 Å². The molecule has 11 heteroatoms. The molecule has 2 N–H and O–H groups in total. The Morgan fingerprint density at radius 3 is 2.80 bits per heavy atom. The summed E-state index contributed by atoms with van der Waals surface area (Å²) in [5.74, 6) is 2.63. The molecule has 3 heterocycles. The van der Waals surface area contributed by atoms with Gasteiger partial charge in [-0.25, -0.2) is 9.67 Å². The van der Waals surface area contributed by atoms with Crippen molar-refractivity contribution in [1.29, 1.82) is 0 Å². The maximum atomic E-state index is 13.1. The number of amidine groups is 1. The van der Waals surface area contributed by atoms with Crippen LogP contribution < -0.4 is 15.4 Å². The molecular formula is C30H39N9O2. The second kappa shape index (κ2) is 12.2. The number of ether oxygens (including phenoxy) is 1. The van der Waals surface area contributed by atoms with Crippen LogP contribution in [0.2, 0.25) is 0 Å². The van der Waals surface area contributed by atoms with Crippen LogP contribution in [-0.2, 0) is 11.8 Å². The number of hydrogen-bond donors (Lipinski definition) is 2. The van der Waals surface area contributed by atoms with Crippen LogP contribution in [0.1, 0.15) is 25.8 Å². The largest absolute Gasteiger partial charge is 0.457 e. The van der Waals surface area contributed by atoms with Gasteiger partial charge in [-0.2, -0.15) is 0 Å². The van der Waals surface area contributed by atoms with E-state index in [1.807, 2.05) is 76.3 Å². The Morgan fingerprint density at radius 2 is 2.10 bits per heavy atom. The van der Waals surface area contributed by atoms with Crippen molar-refractivity contribution < 1.29 is 9.53 Å². The summed E-state index contributed by atoms with van der Waals surface area (Å²) < 4.78 is 7.86. The van der Waals surface area contributed by atoms with Crippen LogP contribution in [0.15, 0.2) is 58.0 Å². The van der Waals surface area contributed by atoms with Gasteiger partial charge in [-0.3, -0.25) is 15.1 Å². The zero-order valence-corrected chi connectivity index (χ0v) is 24.6. The van der Waals surface area contributed by atoms with Gasteiger partial charge in [-0.15, -0.1) is 5.10 Å². The van der Waals surface area contributed by atoms with Crippen molar-refractivity contribution in [3.8, 4) is 11.5 Å². The van der Waals surface area contributed by atoms with E-state index in [1.165, 1.54) is 0 Å². The molecule has 3 aromatic rings. The summed E-state index contributed by atoms with van der Waals surface area (Å²) in [6.07, 6.45) is 4.21. The number of aryl methyl sites for hydroxylation is 2. The maximum absolute atomic E-state index is 13.1. The van der Waals surface area contributed by atoms with E-state index >= 15 is 0 Å². The monoisotopic (exact) mass is 557 g/mol. The van der Waals surface area contributed by atoms with Crippen molar-refractivity contribution in [3.05, 3.63) is 53.6 Å². The second-order valence-electron chi connectivity index (χ2n) is 11.0. The third-order valence-electron chi connectivity index (χ3n) is 7.54. The predicted octanol–water partition coefficient (Wildman–Crippen LogP) is 3.58. The summed E-state index contributed by atoms with van der Waals surface area (Å²) >= 11 is 0. The highest BCUT2D eigenvalue weighted by atomic mass is 16.5. The summed E-state index contributed by atoms with van der Waals surface area (Å²) in [4.78, 5) is 26.3. The first-order valence-corrected chi connectivity index (χ1v) is 14.1. The fourth-order valence-corrected chi connectivity index (χ4v) is 5.08. The van der Waals surface area contributed by atoms with Gasteiger partial charge >= 0.3 is 0 Å². The molecule has 0 spiro atoms. The van der Waals surface area contributed by atoms with Crippen molar-refractivity contribution in [3.63, 3.8) is 0 Å². The number of nitrogens with zero attached hydrogens (tertiary/aromatic N) is 7. The number of aromatic nitrogens is 3. The number of likely N-dealkylation sites (tertiary alicyclic amines) is 1. The molecule has 2 aliphatic rings. The second-order valence-corrected chi connectivity index (χ2v) is 11.0.